The first-order valence-corrected chi connectivity index (χ1v) is 9.08. The molecule has 1 aromatic heterocycles. The third-order valence-electron chi connectivity index (χ3n) is 4.88. The van der Waals surface area contributed by atoms with E-state index in [0.29, 0.717) is 11.1 Å². The number of pyridine rings is 1. The second kappa shape index (κ2) is 7.59. The molecule has 4 rings (SSSR count). The largest absolute Gasteiger partial charge is 0.508 e. The number of hydrogen-bond acceptors (Lipinski definition) is 5. The number of carbonyl (C=O) groups excluding carboxylic acids is 2. The summed E-state index contributed by atoms with van der Waals surface area (Å²) >= 11 is 0. The van der Waals surface area contributed by atoms with Crippen LogP contribution < -0.4 is 0 Å². The molecule has 2 N–H and O–H groups in total. The number of amides is 1. The summed E-state index contributed by atoms with van der Waals surface area (Å²) in [5.41, 5.74) is 1.78. The zero-order valence-electron chi connectivity index (χ0n) is 15.4. The third-order valence-corrected chi connectivity index (χ3v) is 4.88. The topological polar surface area (TPSA) is 90.7 Å². The van der Waals surface area contributed by atoms with Crippen LogP contribution in [0.3, 0.4) is 0 Å². The van der Waals surface area contributed by atoms with Gasteiger partial charge in [-0.15, -0.1) is 0 Å². The quantitative estimate of drug-likeness (QED) is 0.407. The van der Waals surface area contributed by atoms with Crippen molar-refractivity contribution in [3.63, 3.8) is 0 Å². The number of rotatable bonds is 4. The first-order valence-electron chi connectivity index (χ1n) is 9.08. The molecule has 1 unspecified atom stereocenters. The van der Waals surface area contributed by atoms with E-state index in [1.807, 2.05) is 0 Å². The molecule has 0 spiro atoms. The Labute approximate surface area is 167 Å². The zero-order valence-corrected chi connectivity index (χ0v) is 15.4. The predicted octanol–water partition coefficient (Wildman–Crippen LogP) is 3.41. The predicted molar refractivity (Wildman–Crippen MR) is 107 cm³/mol. The monoisotopic (exact) mass is 386 g/mol. The molecule has 3 aromatic rings. The van der Waals surface area contributed by atoms with Gasteiger partial charge in [-0.1, -0.05) is 42.5 Å². The molecule has 2 aromatic carbocycles. The van der Waals surface area contributed by atoms with E-state index in [1.165, 1.54) is 17.0 Å². The van der Waals surface area contributed by atoms with E-state index in [1.54, 1.807) is 67.0 Å². The summed E-state index contributed by atoms with van der Waals surface area (Å²) in [6, 6.07) is 17.7. The number of carbonyl (C=O) groups is 2. The molecule has 1 saturated heterocycles. The van der Waals surface area contributed by atoms with Crippen molar-refractivity contribution in [2.24, 2.45) is 0 Å². The molecular weight excluding hydrogens is 368 g/mol. The Bertz CT molecular complexity index is 1090. The zero-order chi connectivity index (χ0) is 20.4. The van der Waals surface area contributed by atoms with Gasteiger partial charge < -0.3 is 15.1 Å². The van der Waals surface area contributed by atoms with Crippen molar-refractivity contribution in [2.75, 3.05) is 0 Å². The lowest BCUT2D eigenvalue weighted by Gasteiger charge is -2.25. The van der Waals surface area contributed by atoms with E-state index in [9.17, 15) is 19.8 Å². The van der Waals surface area contributed by atoms with Crippen LogP contribution in [0.4, 0.5) is 0 Å². The van der Waals surface area contributed by atoms with Gasteiger partial charge in [-0.25, -0.2) is 0 Å². The number of hydrogen-bond donors (Lipinski definition) is 2. The van der Waals surface area contributed by atoms with Gasteiger partial charge in [0.2, 0.25) is 0 Å². The number of benzene rings is 2. The van der Waals surface area contributed by atoms with Crippen LogP contribution in [-0.2, 0) is 16.1 Å². The second-order valence-corrected chi connectivity index (χ2v) is 6.74. The molecule has 2 heterocycles. The Morgan fingerprint density at radius 1 is 0.966 bits per heavy atom. The first kappa shape index (κ1) is 18.4. The molecule has 1 aliphatic heterocycles. The summed E-state index contributed by atoms with van der Waals surface area (Å²) in [5.74, 6) is -1.69. The molecule has 144 valence electrons. The minimum atomic E-state index is -0.824. The van der Waals surface area contributed by atoms with Gasteiger partial charge in [0.25, 0.3) is 11.7 Å². The number of aliphatic hydroxyl groups excluding tert-OH is 1. The third kappa shape index (κ3) is 3.48. The summed E-state index contributed by atoms with van der Waals surface area (Å²) in [5, 5.41) is 20.8. The molecule has 0 saturated carbocycles. The lowest BCUT2D eigenvalue weighted by atomic mass is 9.95. The maximum Gasteiger partial charge on any atom is 0.295 e. The van der Waals surface area contributed by atoms with Gasteiger partial charge in [-0.2, -0.15) is 0 Å². The van der Waals surface area contributed by atoms with Crippen LogP contribution in [0.5, 0.6) is 5.75 Å². The highest BCUT2D eigenvalue weighted by atomic mass is 16.3. The van der Waals surface area contributed by atoms with E-state index < -0.39 is 17.7 Å². The smallest absolute Gasteiger partial charge is 0.295 e. The highest BCUT2D eigenvalue weighted by Crippen LogP contribution is 2.40. The molecule has 1 fully saturated rings. The van der Waals surface area contributed by atoms with Crippen molar-refractivity contribution in [1.82, 2.24) is 9.88 Å². The van der Waals surface area contributed by atoms with E-state index in [4.69, 9.17) is 0 Å². The molecule has 1 amide bonds. The van der Waals surface area contributed by atoms with E-state index in [-0.39, 0.29) is 23.6 Å². The second-order valence-electron chi connectivity index (χ2n) is 6.74. The Balaban J connectivity index is 1.87. The number of aromatic hydroxyl groups is 1. The standard InChI is InChI=1S/C23H18N2O4/c26-18-8-4-7-17(13-18)20-19(21(27)16-5-2-1-3-6-16)22(28)23(29)25(20)14-15-9-11-24-12-10-15/h1-13,20,26-27H,14H2/b21-19-. The van der Waals surface area contributed by atoms with Gasteiger partial charge in [0, 0.05) is 24.5 Å². The number of nitrogens with zero attached hydrogens (tertiary/aromatic N) is 2. The van der Waals surface area contributed by atoms with Gasteiger partial charge in [0.05, 0.1) is 11.6 Å². The van der Waals surface area contributed by atoms with Crippen molar-refractivity contribution in [3.05, 3.63) is 101 Å². The maximum absolute atomic E-state index is 12.9. The number of phenols is 1. The summed E-state index contributed by atoms with van der Waals surface area (Å²) in [6.07, 6.45) is 3.22. The fraction of sp³-hybridized carbons (Fsp3) is 0.0870. The van der Waals surface area contributed by atoms with Crippen molar-refractivity contribution in [3.8, 4) is 5.75 Å². The van der Waals surface area contributed by atoms with Crippen molar-refractivity contribution < 1.29 is 19.8 Å². The Hall–Kier alpha value is -3.93. The van der Waals surface area contributed by atoms with Gasteiger partial charge in [0.1, 0.15) is 11.5 Å². The first-order chi connectivity index (χ1) is 14.1. The van der Waals surface area contributed by atoms with Crippen LogP contribution in [0.2, 0.25) is 0 Å². The molecule has 1 atom stereocenters. The van der Waals surface area contributed by atoms with Gasteiger partial charge in [0.15, 0.2) is 0 Å². The molecule has 0 aliphatic carbocycles. The van der Waals surface area contributed by atoms with Crippen molar-refractivity contribution >= 4 is 17.4 Å². The number of phenolic OH excluding ortho intramolecular Hbond substituents is 1. The van der Waals surface area contributed by atoms with E-state index in [0.717, 1.165) is 5.56 Å². The number of ketones is 1. The Morgan fingerprint density at radius 3 is 2.38 bits per heavy atom. The van der Waals surface area contributed by atoms with Crippen LogP contribution in [0.1, 0.15) is 22.7 Å². The molecular formula is C23H18N2O4. The molecule has 29 heavy (non-hydrogen) atoms. The number of aromatic nitrogens is 1. The lowest BCUT2D eigenvalue weighted by molar-refractivity contribution is -0.140. The molecule has 0 radical (unpaired) electrons. The highest BCUT2D eigenvalue weighted by Gasteiger charge is 2.46. The number of Topliss-reactive ketones (excluding diaryl/α,β-unsaturated/α-hetero) is 1. The molecule has 6 nitrogen and oxygen atoms in total. The summed E-state index contributed by atoms with van der Waals surface area (Å²) in [4.78, 5) is 31.2. The molecule has 0 bridgehead atoms. The summed E-state index contributed by atoms with van der Waals surface area (Å²) < 4.78 is 0. The van der Waals surface area contributed by atoms with Crippen molar-refractivity contribution in [2.45, 2.75) is 12.6 Å². The van der Waals surface area contributed by atoms with Gasteiger partial charge >= 0.3 is 0 Å². The van der Waals surface area contributed by atoms with Crippen LogP contribution >= 0.6 is 0 Å². The minimum Gasteiger partial charge on any atom is -0.508 e. The fourth-order valence-electron chi connectivity index (χ4n) is 3.52. The summed E-state index contributed by atoms with van der Waals surface area (Å²) in [6.45, 7) is 0.166. The average molecular weight is 386 g/mol. The van der Waals surface area contributed by atoms with Gasteiger partial charge in [-0.3, -0.25) is 14.6 Å². The SMILES string of the molecule is O=C1C(=O)N(Cc2ccncc2)C(c2cccc(O)c2)/C1=C(/O)c1ccccc1. The highest BCUT2D eigenvalue weighted by molar-refractivity contribution is 6.46. The normalized spacial score (nSPS) is 18.2. The van der Waals surface area contributed by atoms with Crippen molar-refractivity contribution in [1.29, 1.82) is 0 Å². The van der Waals surface area contributed by atoms with Crippen LogP contribution in [-0.4, -0.2) is 31.8 Å². The van der Waals surface area contributed by atoms with Crippen LogP contribution in [0.25, 0.3) is 5.76 Å². The summed E-state index contributed by atoms with van der Waals surface area (Å²) in [7, 11) is 0. The van der Waals surface area contributed by atoms with Crippen LogP contribution in [0.15, 0.2) is 84.7 Å². The molecule has 1 aliphatic rings. The number of likely N-dealkylation sites (tertiary alicyclic amines) is 1. The average Bonchev–Trinajstić information content (AvgIpc) is 2.99. The molecule has 6 heteroatoms. The Kier molecular flexibility index (Phi) is 4.83. The maximum atomic E-state index is 12.9. The minimum absolute atomic E-state index is 0.000793. The van der Waals surface area contributed by atoms with E-state index in [2.05, 4.69) is 4.98 Å². The van der Waals surface area contributed by atoms with Gasteiger partial charge in [-0.05, 0) is 35.4 Å². The lowest BCUT2D eigenvalue weighted by Crippen LogP contribution is -2.29. The van der Waals surface area contributed by atoms with Crippen LogP contribution in [0, 0.1) is 0 Å². The Morgan fingerprint density at radius 2 is 1.69 bits per heavy atom. The fourth-order valence-corrected chi connectivity index (χ4v) is 3.52. The van der Waals surface area contributed by atoms with E-state index >= 15 is 0 Å². The number of aliphatic hydroxyl groups is 1.